The number of nitrogens with one attached hydrogen (secondary N) is 3. The molecular formula is C21H23N7O. The van der Waals surface area contributed by atoms with Crippen molar-refractivity contribution in [3.63, 3.8) is 0 Å². The van der Waals surface area contributed by atoms with E-state index >= 15 is 0 Å². The third kappa shape index (κ3) is 3.84. The molecule has 8 nitrogen and oxygen atoms in total. The third-order valence-corrected chi connectivity index (χ3v) is 5.57. The number of amides is 1. The molecule has 0 radical (unpaired) electrons. The molecule has 1 fully saturated rings. The molecule has 148 valence electrons. The molecule has 8 heteroatoms. The van der Waals surface area contributed by atoms with E-state index < -0.39 is 0 Å². The van der Waals surface area contributed by atoms with Crippen LogP contribution in [0.3, 0.4) is 0 Å². The van der Waals surface area contributed by atoms with Crippen LogP contribution in [-0.4, -0.2) is 37.0 Å². The van der Waals surface area contributed by atoms with Crippen molar-refractivity contribution in [3.05, 3.63) is 59.9 Å². The number of H-pyrrole nitrogens is 1. The zero-order valence-electron chi connectivity index (χ0n) is 16.1. The monoisotopic (exact) mass is 389 g/mol. The van der Waals surface area contributed by atoms with Gasteiger partial charge in [-0.25, -0.2) is 14.5 Å². The topological polar surface area (TPSA) is 100 Å². The van der Waals surface area contributed by atoms with Gasteiger partial charge in [-0.05, 0) is 48.4 Å². The number of rotatable bonds is 7. The summed E-state index contributed by atoms with van der Waals surface area (Å²) < 4.78 is 1.54. The highest BCUT2D eigenvalue weighted by atomic mass is 16.1. The molecule has 3 heterocycles. The van der Waals surface area contributed by atoms with Crippen LogP contribution >= 0.6 is 0 Å². The van der Waals surface area contributed by atoms with Crippen molar-refractivity contribution in [2.75, 3.05) is 6.54 Å². The number of aromatic nitrogens is 5. The number of carbonyl (C=O) groups excluding carboxylic acids is 1. The van der Waals surface area contributed by atoms with E-state index in [9.17, 15) is 4.79 Å². The molecule has 0 unspecified atom stereocenters. The molecule has 4 aromatic rings. The van der Waals surface area contributed by atoms with Crippen LogP contribution in [0.5, 0.6) is 0 Å². The van der Waals surface area contributed by atoms with Gasteiger partial charge in [-0.1, -0.05) is 18.6 Å². The van der Waals surface area contributed by atoms with Gasteiger partial charge in [-0.3, -0.25) is 4.79 Å². The first kappa shape index (κ1) is 17.8. The zero-order valence-corrected chi connectivity index (χ0v) is 16.1. The van der Waals surface area contributed by atoms with Crippen molar-refractivity contribution >= 4 is 22.5 Å². The Hall–Kier alpha value is -3.26. The van der Waals surface area contributed by atoms with E-state index in [0.29, 0.717) is 17.9 Å². The van der Waals surface area contributed by atoms with Gasteiger partial charge < -0.3 is 15.6 Å². The highest BCUT2D eigenvalue weighted by Gasteiger charge is 2.16. The smallest absolute Gasteiger partial charge is 0.271 e. The average molecular weight is 389 g/mol. The van der Waals surface area contributed by atoms with Gasteiger partial charge in [0.1, 0.15) is 12.0 Å². The number of fused-ring (bicyclic) bond motifs is 2. The number of carbonyl (C=O) groups is 1. The lowest BCUT2D eigenvalue weighted by molar-refractivity contribution is 0.0945. The summed E-state index contributed by atoms with van der Waals surface area (Å²) in [7, 11) is 0. The molecule has 0 saturated heterocycles. The second kappa shape index (κ2) is 7.63. The van der Waals surface area contributed by atoms with E-state index in [2.05, 4.69) is 48.9 Å². The van der Waals surface area contributed by atoms with Gasteiger partial charge in [-0.2, -0.15) is 5.10 Å². The molecule has 1 aliphatic carbocycles. The Morgan fingerprint density at radius 3 is 3.00 bits per heavy atom. The van der Waals surface area contributed by atoms with Crippen LogP contribution < -0.4 is 10.6 Å². The van der Waals surface area contributed by atoms with Gasteiger partial charge in [0.2, 0.25) is 0 Å². The quantitative estimate of drug-likeness (QED) is 0.451. The summed E-state index contributed by atoms with van der Waals surface area (Å²) in [5, 5.41) is 11.7. The molecule has 0 atom stereocenters. The van der Waals surface area contributed by atoms with Crippen LogP contribution in [0.2, 0.25) is 0 Å². The Morgan fingerprint density at radius 2 is 2.14 bits per heavy atom. The first-order valence-corrected chi connectivity index (χ1v) is 9.99. The second-order valence-electron chi connectivity index (χ2n) is 7.66. The van der Waals surface area contributed by atoms with Gasteiger partial charge >= 0.3 is 0 Å². The predicted molar refractivity (Wildman–Crippen MR) is 109 cm³/mol. The first-order chi connectivity index (χ1) is 14.2. The van der Waals surface area contributed by atoms with Crippen LogP contribution in [0.4, 0.5) is 0 Å². The van der Waals surface area contributed by atoms with Crippen LogP contribution in [0, 0.1) is 5.92 Å². The van der Waals surface area contributed by atoms with Crippen molar-refractivity contribution in [3.8, 4) is 0 Å². The van der Waals surface area contributed by atoms with Gasteiger partial charge in [0.15, 0.2) is 5.65 Å². The Labute approximate surface area is 167 Å². The standard InChI is InChI=1S/C21H23N7O/c29-21(19-12-28-20(11-23-19)25-13-26-28)24-9-15-4-5-16-7-17(27-18(16)6-15)10-22-8-14-2-1-3-14/h4-7,11-14,22,27H,1-3,8-10H2,(H,24,29). The lowest BCUT2D eigenvalue weighted by Crippen LogP contribution is -2.26. The minimum Gasteiger partial charge on any atom is -0.357 e. The summed E-state index contributed by atoms with van der Waals surface area (Å²) in [6, 6.07) is 8.39. The molecule has 0 bridgehead atoms. The SMILES string of the molecule is O=C(NCc1ccc2cc(CNCC3CCC3)[nH]c2c1)c1cn2ncnc2cn1. The molecule has 1 amide bonds. The van der Waals surface area contributed by atoms with E-state index in [1.165, 1.54) is 47.4 Å². The maximum absolute atomic E-state index is 12.4. The number of hydrogen-bond donors (Lipinski definition) is 3. The van der Waals surface area contributed by atoms with Crippen molar-refractivity contribution in [1.29, 1.82) is 0 Å². The number of hydrogen-bond acceptors (Lipinski definition) is 5. The number of nitrogens with zero attached hydrogens (tertiary/aromatic N) is 4. The minimum atomic E-state index is -0.241. The third-order valence-electron chi connectivity index (χ3n) is 5.57. The molecular weight excluding hydrogens is 366 g/mol. The average Bonchev–Trinajstić information content (AvgIpc) is 3.33. The molecule has 3 aromatic heterocycles. The lowest BCUT2D eigenvalue weighted by Gasteiger charge is -2.25. The van der Waals surface area contributed by atoms with Crippen molar-refractivity contribution in [2.45, 2.75) is 32.4 Å². The summed E-state index contributed by atoms with van der Waals surface area (Å²) in [6.07, 6.45) is 8.64. The maximum atomic E-state index is 12.4. The van der Waals surface area contributed by atoms with Crippen molar-refractivity contribution in [1.82, 2.24) is 35.2 Å². The molecule has 5 rings (SSSR count). The fourth-order valence-corrected chi connectivity index (χ4v) is 3.66. The van der Waals surface area contributed by atoms with E-state index in [4.69, 9.17) is 0 Å². The molecule has 29 heavy (non-hydrogen) atoms. The molecule has 1 aliphatic rings. The molecule has 1 saturated carbocycles. The van der Waals surface area contributed by atoms with Crippen molar-refractivity contribution in [2.24, 2.45) is 5.92 Å². The Balaban J connectivity index is 1.21. The number of aromatic amines is 1. The summed E-state index contributed by atoms with van der Waals surface area (Å²) in [6.45, 7) is 2.38. The van der Waals surface area contributed by atoms with Crippen molar-refractivity contribution < 1.29 is 4.79 Å². The second-order valence-corrected chi connectivity index (χ2v) is 7.66. The molecule has 1 aromatic carbocycles. The highest BCUT2D eigenvalue weighted by molar-refractivity contribution is 5.92. The van der Waals surface area contributed by atoms with Crippen LogP contribution in [0.1, 0.15) is 41.0 Å². The largest absolute Gasteiger partial charge is 0.357 e. The Morgan fingerprint density at radius 1 is 1.21 bits per heavy atom. The normalized spacial score (nSPS) is 14.3. The first-order valence-electron chi connectivity index (χ1n) is 9.99. The van der Waals surface area contributed by atoms with Crippen LogP contribution in [0.15, 0.2) is 43.0 Å². The van der Waals surface area contributed by atoms with Gasteiger partial charge in [-0.15, -0.1) is 0 Å². The summed E-state index contributed by atoms with van der Waals surface area (Å²) in [4.78, 5) is 24.1. The van der Waals surface area contributed by atoms with Gasteiger partial charge in [0.05, 0.1) is 12.4 Å². The fraction of sp³-hybridized carbons (Fsp3) is 0.333. The Kier molecular flexibility index (Phi) is 4.69. The summed E-state index contributed by atoms with van der Waals surface area (Å²) >= 11 is 0. The van der Waals surface area contributed by atoms with E-state index in [0.717, 1.165) is 30.1 Å². The van der Waals surface area contributed by atoms with E-state index in [1.807, 2.05) is 6.07 Å². The summed E-state index contributed by atoms with van der Waals surface area (Å²) in [5.41, 5.74) is 4.22. The van der Waals surface area contributed by atoms with Crippen LogP contribution in [0.25, 0.3) is 16.6 Å². The van der Waals surface area contributed by atoms with E-state index in [1.54, 1.807) is 6.20 Å². The van der Waals surface area contributed by atoms with Gasteiger partial charge in [0, 0.05) is 24.3 Å². The minimum absolute atomic E-state index is 0.241. The molecule has 0 aliphatic heterocycles. The number of benzene rings is 1. The zero-order chi connectivity index (χ0) is 19.6. The summed E-state index contributed by atoms with van der Waals surface area (Å²) in [5.74, 6) is 0.615. The lowest BCUT2D eigenvalue weighted by atomic mass is 9.85. The van der Waals surface area contributed by atoms with E-state index in [-0.39, 0.29) is 5.91 Å². The highest BCUT2D eigenvalue weighted by Crippen LogP contribution is 2.25. The van der Waals surface area contributed by atoms with Gasteiger partial charge in [0.25, 0.3) is 5.91 Å². The maximum Gasteiger partial charge on any atom is 0.271 e. The Bertz CT molecular complexity index is 1160. The molecule has 0 spiro atoms. The van der Waals surface area contributed by atoms with Crippen LogP contribution in [-0.2, 0) is 13.1 Å². The fourth-order valence-electron chi connectivity index (χ4n) is 3.66. The predicted octanol–water partition coefficient (Wildman–Crippen LogP) is 2.43. The molecule has 3 N–H and O–H groups in total.